The molecule has 0 unspecified atom stereocenters. The summed E-state index contributed by atoms with van der Waals surface area (Å²) >= 11 is 0. The van der Waals surface area contributed by atoms with E-state index < -0.39 is 30.4 Å². The number of hydrogen-bond acceptors (Lipinski definition) is 5. The molecular weight excluding hydrogens is 397 g/mol. The van der Waals surface area contributed by atoms with Crippen LogP contribution in [0.25, 0.3) is 22.0 Å². The molecule has 0 atom stereocenters. The molecule has 0 radical (unpaired) electrons. The van der Waals surface area contributed by atoms with Gasteiger partial charge in [0.1, 0.15) is 12.2 Å². The van der Waals surface area contributed by atoms with E-state index in [2.05, 4.69) is 6.58 Å². The van der Waals surface area contributed by atoms with E-state index in [4.69, 9.17) is 9.72 Å². The van der Waals surface area contributed by atoms with E-state index in [-0.39, 0.29) is 11.7 Å². The van der Waals surface area contributed by atoms with Crippen LogP contribution in [0.15, 0.2) is 61.2 Å². The van der Waals surface area contributed by atoms with Gasteiger partial charge in [0.25, 0.3) is 0 Å². The highest BCUT2D eigenvalue weighted by atomic mass is 19.1. The lowest BCUT2D eigenvalue weighted by Gasteiger charge is -2.17. The maximum atomic E-state index is 13.6. The third kappa shape index (κ3) is 4.58. The Morgan fingerprint density at radius 3 is 2.45 bits per heavy atom. The fourth-order valence-corrected chi connectivity index (χ4v) is 3.49. The highest BCUT2D eigenvalue weighted by Crippen LogP contribution is 2.48. The van der Waals surface area contributed by atoms with Gasteiger partial charge in [0.2, 0.25) is 0 Å². The number of pyridine rings is 1. The Morgan fingerprint density at radius 2 is 1.77 bits per heavy atom. The van der Waals surface area contributed by atoms with Crippen molar-refractivity contribution < 1.29 is 23.5 Å². The molecule has 0 bridgehead atoms. The van der Waals surface area contributed by atoms with Crippen molar-refractivity contribution in [3.63, 3.8) is 0 Å². The fraction of sp³-hybridized carbons (Fsp3) is 0.200. The molecule has 1 heterocycles. The number of para-hydroxylation sites is 1. The van der Waals surface area contributed by atoms with E-state index in [1.807, 2.05) is 24.3 Å². The maximum Gasteiger partial charge on any atom is 0.318 e. The lowest BCUT2D eigenvalue weighted by Crippen LogP contribution is -2.17. The van der Waals surface area contributed by atoms with Crippen LogP contribution in [0.3, 0.4) is 0 Å². The van der Waals surface area contributed by atoms with Gasteiger partial charge < -0.3 is 4.74 Å². The first-order valence-corrected chi connectivity index (χ1v) is 10.0. The SMILES string of the molecule is C=CC(=O)CC(=O)CC(=O)Oc1c(C2CC2)nc2ccccc2c1-c1ccc(F)cc1. The average molecular weight is 417 g/mol. The summed E-state index contributed by atoms with van der Waals surface area (Å²) in [5.74, 6) is -1.68. The molecule has 5 nitrogen and oxygen atoms in total. The quantitative estimate of drug-likeness (QED) is 0.295. The number of nitrogens with zero attached hydrogens (tertiary/aromatic N) is 1. The van der Waals surface area contributed by atoms with Gasteiger partial charge in [0.15, 0.2) is 17.3 Å². The first-order chi connectivity index (χ1) is 15.0. The van der Waals surface area contributed by atoms with Crippen LogP contribution in [0.4, 0.5) is 4.39 Å². The second-order valence-corrected chi connectivity index (χ2v) is 7.54. The summed E-state index contributed by atoms with van der Waals surface area (Å²) in [6, 6.07) is 13.4. The molecule has 3 aromatic rings. The lowest BCUT2D eigenvalue weighted by atomic mass is 9.97. The molecule has 1 saturated carbocycles. The van der Waals surface area contributed by atoms with Gasteiger partial charge in [0, 0.05) is 16.9 Å². The fourth-order valence-electron chi connectivity index (χ4n) is 3.49. The van der Waals surface area contributed by atoms with Gasteiger partial charge in [0.05, 0.1) is 17.6 Å². The van der Waals surface area contributed by atoms with Gasteiger partial charge in [-0.3, -0.25) is 14.4 Å². The van der Waals surface area contributed by atoms with Crippen molar-refractivity contribution in [1.82, 2.24) is 4.98 Å². The van der Waals surface area contributed by atoms with Gasteiger partial charge in [-0.15, -0.1) is 0 Å². The zero-order chi connectivity index (χ0) is 22.0. The number of halogens is 1. The Kier molecular flexibility index (Phi) is 5.71. The number of rotatable bonds is 8. The molecule has 156 valence electrons. The molecular formula is C25H20FNO4. The number of aromatic nitrogens is 1. The van der Waals surface area contributed by atoms with Gasteiger partial charge in [-0.2, -0.15) is 0 Å². The number of hydrogen-bond donors (Lipinski definition) is 0. The molecule has 1 aliphatic carbocycles. The number of ether oxygens (including phenoxy) is 1. The monoisotopic (exact) mass is 417 g/mol. The Hall–Kier alpha value is -3.67. The third-order valence-corrected chi connectivity index (χ3v) is 5.13. The van der Waals surface area contributed by atoms with Crippen molar-refractivity contribution >= 4 is 28.4 Å². The van der Waals surface area contributed by atoms with Crippen LogP contribution < -0.4 is 4.74 Å². The molecule has 31 heavy (non-hydrogen) atoms. The van der Waals surface area contributed by atoms with Crippen molar-refractivity contribution in [1.29, 1.82) is 0 Å². The number of ketones is 2. The second-order valence-electron chi connectivity index (χ2n) is 7.54. The van der Waals surface area contributed by atoms with Crippen molar-refractivity contribution in [2.24, 2.45) is 0 Å². The number of esters is 1. The highest BCUT2D eigenvalue weighted by molar-refractivity contribution is 6.09. The zero-order valence-electron chi connectivity index (χ0n) is 16.8. The minimum absolute atomic E-state index is 0.157. The van der Waals surface area contributed by atoms with Gasteiger partial charge >= 0.3 is 5.97 Å². The molecule has 6 heteroatoms. The average Bonchev–Trinajstić information content (AvgIpc) is 3.59. The third-order valence-electron chi connectivity index (χ3n) is 5.13. The number of allylic oxidation sites excluding steroid dienone is 1. The van der Waals surface area contributed by atoms with Gasteiger partial charge in [-0.1, -0.05) is 36.9 Å². The molecule has 2 aromatic carbocycles. The van der Waals surface area contributed by atoms with E-state index in [9.17, 15) is 18.8 Å². The molecule has 0 saturated heterocycles. The van der Waals surface area contributed by atoms with Crippen LogP contribution in [0.1, 0.15) is 37.3 Å². The summed E-state index contributed by atoms with van der Waals surface area (Å²) in [7, 11) is 0. The normalized spacial score (nSPS) is 13.1. The maximum absolute atomic E-state index is 13.6. The smallest absolute Gasteiger partial charge is 0.318 e. The van der Waals surface area contributed by atoms with Crippen molar-refractivity contribution in [3.8, 4) is 16.9 Å². The van der Waals surface area contributed by atoms with E-state index >= 15 is 0 Å². The molecule has 0 aliphatic heterocycles. The molecule has 0 spiro atoms. The van der Waals surface area contributed by atoms with Crippen molar-refractivity contribution in [2.45, 2.75) is 31.6 Å². The number of benzene rings is 2. The van der Waals surface area contributed by atoms with Crippen molar-refractivity contribution in [2.75, 3.05) is 0 Å². The molecule has 1 fully saturated rings. The van der Waals surface area contributed by atoms with Crippen LogP contribution in [-0.2, 0) is 14.4 Å². The van der Waals surface area contributed by atoms with Gasteiger partial charge in [-0.25, -0.2) is 9.37 Å². The number of carbonyl (C=O) groups is 3. The van der Waals surface area contributed by atoms with Crippen LogP contribution in [0.5, 0.6) is 5.75 Å². The molecule has 1 aromatic heterocycles. The largest absolute Gasteiger partial charge is 0.424 e. The number of fused-ring (bicyclic) bond motifs is 1. The van der Waals surface area contributed by atoms with E-state index in [1.54, 1.807) is 12.1 Å². The van der Waals surface area contributed by atoms with Gasteiger partial charge in [-0.05, 0) is 42.7 Å². The lowest BCUT2D eigenvalue weighted by molar-refractivity contribution is -0.138. The molecule has 0 amide bonds. The summed E-state index contributed by atoms with van der Waals surface area (Å²) in [6.45, 7) is 3.33. The van der Waals surface area contributed by atoms with E-state index in [1.165, 1.54) is 12.1 Å². The summed E-state index contributed by atoms with van der Waals surface area (Å²) in [6.07, 6.45) is 1.97. The van der Waals surface area contributed by atoms with Crippen LogP contribution in [0.2, 0.25) is 0 Å². The van der Waals surface area contributed by atoms with Crippen molar-refractivity contribution in [3.05, 3.63) is 72.7 Å². The summed E-state index contributed by atoms with van der Waals surface area (Å²) in [5.41, 5.74) is 2.71. The molecule has 1 aliphatic rings. The molecule has 0 N–H and O–H groups in total. The topological polar surface area (TPSA) is 73.3 Å². The summed E-state index contributed by atoms with van der Waals surface area (Å²) in [5, 5.41) is 0.759. The minimum atomic E-state index is -0.760. The summed E-state index contributed by atoms with van der Waals surface area (Å²) < 4.78 is 19.3. The van der Waals surface area contributed by atoms with Crippen LogP contribution in [0, 0.1) is 5.82 Å². The first kappa shape index (κ1) is 20.6. The van der Waals surface area contributed by atoms with Crippen LogP contribution in [-0.4, -0.2) is 22.5 Å². The number of carbonyl (C=O) groups excluding carboxylic acids is 3. The van der Waals surface area contributed by atoms with E-state index in [0.717, 1.165) is 29.8 Å². The highest BCUT2D eigenvalue weighted by Gasteiger charge is 2.32. The second kappa shape index (κ2) is 8.60. The summed E-state index contributed by atoms with van der Waals surface area (Å²) in [4.78, 5) is 40.7. The Labute approximate surface area is 178 Å². The Balaban J connectivity index is 1.78. The van der Waals surface area contributed by atoms with E-state index in [0.29, 0.717) is 22.6 Å². The Bertz CT molecular complexity index is 1200. The molecule has 4 rings (SSSR count). The predicted octanol–water partition coefficient (Wildman–Crippen LogP) is 4.93. The van der Waals surface area contributed by atoms with Crippen LogP contribution >= 0.6 is 0 Å². The first-order valence-electron chi connectivity index (χ1n) is 10.0. The minimum Gasteiger partial charge on any atom is -0.424 e. The standard InChI is InChI=1S/C25H20FNO4/c1-2-18(28)13-19(29)14-22(30)31-25-23(15-9-11-17(26)12-10-15)20-5-3-4-6-21(20)27-24(25)16-7-8-16/h2-6,9-12,16H,1,7-8,13-14H2. The predicted molar refractivity (Wildman–Crippen MR) is 114 cm³/mol. The number of Topliss-reactive ketones (excluding diaryl/α,β-unsaturated/α-hetero) is 1. The Morgan fingerprint density at radius 1 is 1.06 bits per heavy atom. The zero-order valence-corrected chi connectivity index (χ0v) is 16.8.